The van der Waals surface area contributed by atoms with Gasteiger partial charge in [-0.3, -0.25) is 4.79 Å². The molecule has 0 heterocycles. The van der Waals surface area contributed by atoms with Crippen LogP contribution in [0.15, 0.2) is 24.3 Å². The first kappa shape index (κ1) is 14.5. The van der Waals surface area contributed by atoms with E-state index in [1.165, 1.54) is 0 Å². The molecular formula is C13H21N3O2. The first-order chi connectivity index (χ1) is 8.63. The Labute approximate surface area is 107 Å². The van der Waals surface area contributed by atoms with Crippen LogP contribution in [0.25, 0.3) is 0 Å². The molecule has 5 nitrogen and oxygen atoms in total. The van der Waals surface area contributed by atoms with Crippen molar-refractivity contribution in [3.63, 3.8) is 0 Å². The fraction of sp³-hybridized carbons (Fsp3) is 0.462. The monoisotopic (exact) mass is 251 g/mol. The number of phenolic OH excluding ortho intramolecular Hbond substituents is 1. The number of hydrogen-bond donors (Lipinski definition) is 4. The molecule has 0 aliphatic heterocycles. The summed E-state index contributed by atoms with van der Waals surface area (Å²) < 4.78 is 0. The van der Waals surface area contributed by atoms with Gasteiger partial charge in [0, 0.05) is 6.54 Å². The second-order valence-corrected chi connectivity index (χ2v) is 4.26. The molecule has 0 fully saturated rings. The van der Waals surface area contributed by atoms with Gasteiger partial charge in [-0.2, -0.15) is 0 Å². The van der Waals surface area contributed by atoms with Gasteiger partial charge in [-0.15, -0.1) is 0 Å². The first-order valence-electron chi connectivity index (χ1n) is 6.14. The van der Waals surface area contributed by atoms with Crippen molar-refractivity contribution in [2.75, 3.05) is 13.1 Å². The van der Waals surface area contributed by atoms with E-state index >= 15 is 0 Å². The Morgan fingerprint density at radius 3 is 2.56 bits per heavy atom. The molecule has 0 spiro atoms. The third-order valence-electron chi connectivity index (χ3n) is 2.66. The zero-order valence-corrected chi connectivity index (χ0v) is 10.4. The average Bonchev–Trinajstić information content (AvgIpc) is 2.37. The van der Waals surface area contributed by atoms with Crippen molar-refractivity contribution >= 4 is 5.91 Å². The number of rotatable bonds is 7. The summed E-state index contributed by atoms with van der Waals surface area (Å²) in [4.78, 5) is 11.7. The Morgan fingerprint density at radius 1 is 1.28 bits per heavy atom. The van der Waals surface area contributed by atoms with Gasteiger partial charge in [0.2, 0.25) is 5.91 Å². The number of aromatic hydroxyl groups is 1. The van der Waals surface area contributed by atoms with Crippen LogP contribution in [0.1, 0.15) is 18.4 Å². The highest BCUT2D eigenvalue weighted by Crippen LogP contribution is 2.10. The topological polar surface area (TPSA) is 101 Å². The highest BCUT2D eigenvalue weighted by molar-refractivity contribution is 5.81. The number of phenols is 1. The van der Waals surface area contributed by atoms with E-state index in [1.54, 1.807) is 24.3 Å². The number of amides is 1. The standard InChI is InChI=1S/C13H21N3O2/c14-7-1-2-8-16-13(18)12(15)9-10-3-5-11(17)6-4-10/h3-6,12,17H,1-2,7-9,14-15H2,(H,16,18)/t12-/m1/s1. The Balaban J connectivity index is 2.33. The molecule has 100 valence electrons. The molecule has 0 aliphatic rings. The minimum absolute atomic E-state index is 0.153. The number of nitrogens with one attached hydrogen (secondary N) is 1. The van der Waals surface area contributed by atoms with E-state index in [9.17, 15) is 4.79 Å². The predicted octanol–water partition coefficient (Wildman–Crippen LogP) is 0.117. The van der Waals surface area contributed by atoms with Crippen molar-refractivity contribution in [1.29, 1.82) is 0 Å². The molecule has 0 saturated heterocycles. The van der Waals surface area contributed by atoms with Gasteiger partial charge in [-0.1, -0.05) is 12.1 Å². The molecule has 1 amide bonds. The summed E-state index contributed by atoms with van der Waals surface area (Å²) in [6.45, 7) is 1.24. The molecular weight excluding hydrogens is 230 g/mol. The third-order valence-corrected chi connectivity index (χ3v) is 2.66. The minimum atomic E-state index is -0.563. The Morgan fingerprint density at radius 2 is 1.94 bits per heavy atom. The molecule has 0 radical (unpaired) electrons. The number of unbranched alkanes of at least 4 members (excludes halogenated alkanes) is 1. The van der Waals surface area contributed by atoms with Crippen LogP contribution in [0.4, 0.5) is 0 Å². The minimum Gasteiger partial charge on any atom is -0.508 e. The highest BCUT2D eigenvalue weighted by atomic mass is 16.3. The van der Waals surface area contributed by atoms with Gasteiger partial charge >= 0.3 is 0 Å². The number of carbonyl (C=O) groups is 1. The fourth-order valence-electron chi connectivity index (χ4n) is 1.59. The summed E-state index contributed by atoms with van der Waals surface area (Å²) in [5.74, 6) is 0.0543. The molecule has 1 rings (SSSR count). The van der Waals surface area contributed by atoms with Crippen LogP contribution in [0.3, 0.4) is 0 Å². The van der Waals surface area contributed by atoms with Crippen molar-refractivity contribution in [1.82, 2.24) is 5.32 Å². The van der Waals surface area contributed by atoms with Crippen molar-refractivity contribution in [2.24, 2.45) is 11.5 Å². The van der Waals surface area contributed by atoms with E-state index in [2.05, 4.69) is 5.32 Å². The molecule has 0 saturated carbocycles. The van der Waals surface area contributed by atoms with Crippen LogP contribution in [0.5, 0.6) is 5.75 Å². The third kappa shape index (κ3) is 5.16. The summed E-state index contributed by atoms with van der Waals surface area (Å²) in [6.07, 6.45) is 2.23. The maximum atomic E-state index is 11.7. The van der Waals surface area contributed by atoms with E-state index < -0.39 is 6.04 Å². The van der Waals surface area contributed by atoms with Gasteiger partial charge in [0.1, 0.15) is 5.75 Å². The molecule has 0 aromatic heterocycles. The van der Waals surface area contributed by atoms with Crippen molar-refractivity contribution in [3.05, 3.63) is 29.8 Å². The second kappa shape index (κ2) is 7.68. The maximum Gasteiger partial charge on any atom is 0.237 e. The Hall–Kier alpha value is -1.59. The molecule has 1 atom stereocenters. The summed E-state index contributed by atoms with van der Waals surface area (Å²) in [6, 6.07) is 6.13. The second-order valence-electron chi connectivity index (χ2n) is 4.26. The largest absolute Gasteiger partial charge is 0.508 e. The van der Waals surface area contributed by atoms with Crippen LogP contribution in [-0.4, -0.2) is 30.1 Å². The van der Waals surface area contributed by atoms with E-state index in [0.717, 1.165) is 18.4 Å². The molecule has 6 N–H and O–H groups in total. The summed E-state index contributed by atoms with van der Waals surface area (Å²) in [7, 11) is 0. The van der Waals surface area contributed by atoms with E-state index in [4.69, 9.17) is 16.6 Å². The van der Waals surface area contributed by atoms with Crippen molar-refractivity contribution in [3.8, 4) is 5.75 Å². The lowest BCUT2D eigenvalue weighted by Gasteiger charge is -2.12. The van der Waals surface area contributed by atoms with Gasteiger partial charge in [0.05, 0.1) is 6.04 Å². The quantitative estimate of drug-likeness (QED) is 0.517. The number of hydrogen-bond acceptors (Lipinski definition) is 4. The van der Waals surface area contributed by atoms with Gasteiger partial charge in [0.15, 0.2) is 0 Å². The molecule has 5 heteroatoms. The lowest BCUT2D eigenvalue weighted by Crippen LogP contribution is -2.42. The summed E-state index contributed by atoms with van der Waals surface area (Å²) in [5, 5.41) is 11.9. The van der Waals surface area contributed by atoms with Crippen LogP contribution in [-0.2, 0) is 11.2 Å². The van der Waals surface area contributed by atoms with Crippen LogP contribution in [0.2, 0.25) is 0 Å². The van der Waals surface area contributed by atoms with Crippen molar-refractivity contribution < 1.29 is 9.90 Å². The fourth-order valence-corrected chi connectivity index (χ4v) is 1.59. The highest BCUT2D eigenvalue weighted by Gasteiger charge is 2.13. The molecule has 1 aromatic rings. The Kier molecular flexibility index (Phi) is 6.18. The van der Waals surface area contributed by atoms with Crippen LogP contribution >= 0.6 is 0 Å². The summed E-state index contributed by atoms with van der Waals surface area (Å²) in [5.41, 5.74) is 12.1. The molecule has 1 aromatic carbocycles. The van der Waals surface area contributed by atoms with Gasteiger partial charge in [0.25, 0.3) is 0 Å². The number of carbonyl (C=O) groups excluding carboxylic acids is 1. The lowest BCUT2D eigenvalue weighted by atomic mass is 10.1. The predicted molar refractivity (Wildman–Crippen MR) is 71.1 cm³/mol. The Bertz CT molecular complexity index is 365. The normalized spacial score (nSPS) is 12.1. The van der Waals surface area contributed by atoms with E-state index in [-0.39, 0.29) is 11.7 Å². The number of nitrogens with two attached hydrogens (primary N) is 2. The van der Waals surface area contributed by atoms with Gasteiger partial charge in [-0.05, 0) is 43.5 Å². The van der Waals surface area contributed by atoms with Crippen molar-refractivity contribution in [2.45, 2.75) is 25.3 Å². The first-order valence-corrected chi connectivity index (χ1v) is 6.14. The molecule has 0 aliphatic carbocycles. The molecule has 18 heavy (non-hydrogen) atoms. The van der Waals surface area contributed by atoms with Crippen LogP contribution in [0, 0.1) is 0 Å². The smallest absolute Gasteiger partial charge is 0.237 e. The lowest BCUT2D eigenvalue weighted by molar-refractivity contribution is -0.122. The van der Waals surface area contributed by atoms with E-state index in [0.29, 0.717) is 19.5 Å². The van der Waals surface area contributed by atoms with Gasteiger partial charge in [-0.25, -0.2) is 0 Å². The zero-order valence-electron chi connectivity index (χ0n) is 10.4. The summed E-state index contributed by atoms with van der Waals surface area (Å²) >= 11 is 0. The average molecular weight is 251 g/mol. The van der Waals surface area contributed by atoms with Crippen LogP contribution < -0.4 is 16.8 Å². The SMILES string of the molecule is NCCCCNC(=O)[C@H](N)Cc1ccc(O)cc1. The maximum absolute atomic E-state index is 11.7. The van der Waals surface area contributed by atoms with E-state index in [1.807, 2.05) is 0 Å². The number of benzene rings is 1. The van der Waals surface area contributed by atoms with Gasteiger partial charge < -0.3 is 21.9 Å². The zero-order chi connectivity index (χ0) is 13.4. The molecule has 0 bridgehead atoms. The molecule has 0 unspecified atom stereocenters.